The van der Waals surface area contributed by atoms with E-state index in [-0.39, 0.29) is 0 Å². The molecule has 0 nitrogen and oxygen atoms in total. The number of rotatable bonds is 3. The van der Waals surface area contributed by atoms with Gasteiger partial charge in [0.05, 0.1) is 0 Å². The molecule has 1 aliphatic rings. The average molecular weight is 186 g/mol. The zero-order valence-corrected chi connectivity index (χ0v) is 9.03. The van der Waals surface area contributed by atoms with E-state index in [9.17, 15) is 0 Å². The van der Waals surface area contributed by atoms with E-state index in [1.54, 1.807) is 5.56 Å². The highest BCUT2D eigenvalue weighted by molar-refractivity contribution is 5.55. The predicted octanol–water partition coefficient (Wildman–Crippen LogP) is 4.23. The van der Waals surface area contributed by atoms with E-state index in [0.717, 1.165) is 11.8 Å². The van der Waals surface area contributed by atoms with Crippen LogP contribution >= 0.6 is 0 Å². The van der Waals surface area contributed by atoms with Gasteiger partial charge >= 0.3 is 0 Å². The first-order chi connectivity index (χ1) is 6.86. The molecule has 2 rings (SSSR count). The normalized spacial score (nSPS) is 25.6. The molecule has 0 saturated heterocycles. The zero-order chi connectivity index (χ0) is 9.97. The molecule has 0 heterocycles. The molecule has 0 aliphatic heterocycles. The van der Waals surface area contributed by atoms with Gasteiger partial charge in [0.1, 0.15) is 0 Å². The van der Waals surface area contributed by atoms with Crippen molar-refractivity contribution in [2.24, 2.45) is 5.92 Å². The van der Waals surface area contributed by atoms with Crippen LogP contribution in [0, 0.1) is 5.92 Å². The zero-order valence-electron chi connectivity index (χ0n) is 9.03. The van der Waals surface area contributed by atoms with Crippen LogP contribution in [0.4, 0.5) is 0 Å². The SMILES string of the molecule is C/C=C\c1ccccc1C1CC1CC. The van der Waals surface area contributed by atoms with Gasteiger partial charge in [0, 0.05) is 0 Å². The summed E-state index contributed by atoms with van der Waals surface area (Å²) in [6.45, 7) is 4.38. The molecule has 1 saturated carbocycles. The van der Waals surface area contributed by atoms with Crippen LogP contribution in [-0.4, -0.2) is 0 Å². The fourth-order valence-corrected chi connectivity index (χ4v) is 2.26. The van der Waals surface area contributed by atoms with Crippen molar-refractivity contribution >= 4 is 6.08 Å². The molecule has 2 unspecified atom stereocenters. The second-order valence-corrected chi connectivity index (χ2v) is 4.14. The van der Waals surface area contributed by atoms with Gasteiger partial charge in [-0.05, 0) is 36.3 Å². The summed E-state index contributed by atoms with van der Waals surface area (Å²) in [5.41, 5.74) is 2.97. The first-order valence-electron chi connectivity index (χ1n) is 5.58. The summed E-state index contributed by atoms with van der Waals surface area (Å²) in [5.74, 6) is 1.79. The van der Waals surface area contributed by atoms with Gasteiger partial charge < -0.3 is 0 Å². The molecular formula is C14H18. The summed E-state index contributed by atoms with van der Waals surface area (Å²) in [4.78, 5) is 0. The van der Waals surface area contributed by atoms with Crippen LogP contribution in [0.1, 0.15) is 43.7 Å². The van der Waals surface area contributed by atoms with Crippen LogP contribution in [0.25, 0.3) is 6.08 Å². The lowest BCUT2D eigenvalue weighted by molar-refractivity contribution is 0.765. The van der Waals surface area contributed by atoms with Gasteiger partial charge in [0.25, 0.3) is 0 Å². The molecule has 1 aromatic carbocycles. The highest BCUT2D eigenvalue weighted by atomic mass is 14.4. The standard InChI is InChI=1S/C14H18/c1-3-7-12-8-5-6-9-13(12)14-10-11(14)4-2/h3,5-9,11,14H,4,10H2,1-2H3/b7-3-. The van der Waals surface area contributed by atoms with E-state index in [1.807, 2.05) is 0 Å². The van der Waals surface area contributed by atoms with Gasteiger partial charge in [-0.1, -0.05) is 49.8 Å². The molecular weight excluding hydrogens is 168 g/mol. The van der Waals surface area contributed by atoms with E-state index < -0.39 is 0 Å². The van der Waals surface area contributed by atoms with Crippen molar-refractivity contribution in [2.45, 2.75) is 32.6 Å². The highest BCUT2D eigenvalue weighted by Gasteiger charge is 2.37. The van der Waals surface area contributed by atoms with Crippen LogP contribution < -0.4 is 0 Å². The van der Waals surface area contributed by atoms with Crippen LogP contribution in [-0.2, 0) is 0 Å². The maximum atomic E-state index is 2.29. The minimum Gasteiger partial charge on any atom is -0.0871 e. The van der Waals surface area contributed by atoms with Crippen molar-refractivity contribution in [1.82, 2.24) is 0 Å². The highest BCUT2D eigenvalue weighted by Crippen LogP contribution is 2.50. The Morgan fingerprint density at radius 3 is 2.79 bits per heavy atom. The van der Waals surface area contributed by atoms with E-state index in [2.05, 4.69) is 50.3 Å². The number of hydrogen-bond donors (Lipinski definition) is 0. The summed E-state index contributed by atoms with van der Waals surface area (Å²) in [6.07, 6.45) is 7.07. The first kappa shape index (κ1) is 9.51. The lowest BCUT2D eigenvalue weighted by atomic mass is 10.0. The Kier molecular flexibility index (Phi) is 2.72. The van der Waals surface area contributed by atoms with E-state index >= 15 is 0 Å². The number of hydrogen-bond acceptors (Lipinski definition) is 0. The van der Waals surface area contributed by atoms with Gasteiger partial charge in [-0.25, -0.2) is 0 Å². The number of benzene rings is 1. The molecule has 0 radical (unpaired) electrons. The van der Waals surface area contributed by atoms with E-state index in [0.29, 0.717) is 0 Å². The van der Waals surface area contributed by atoms with Gasteiger partial charge in [-0.3, -0.25) is 0 Å². The molecule has 0 bridgehead atoms. The fourth-order valence-electron chi connectivity index (χ4n) is 2.26. The molecule has 1 fully saturated rings. The largest absolute Gasteiger partial charge is 0.0871 e. The molecule has 0 N–H and O–H groups in total. The van der Waals surface area contributed by atoms with Crippen molar-refractivity contribution in [1.29, 1.82) is 0 Å². The summed E-state index contributed by atoms with van der Waals surface area (Å²) in [6, 6.07) is 8.80. The Morgan fingerprint density at radius 2 is 2.14 bits per heavy atom. The van der Waals surface area contributed by atoms with Crippen molar-refractivity contribution in [3.63, 3.8) is 0 Å². The van der Waals surface area contributed by atoms with Gasteiger partial charge in [-0.2, -0.15) is 0 Å². The van der Waals surface area contributed by atoms with Crippen LogP contribution in [0.3, 0.4) is 0 Å². The average Bonchev–Trinajstić information content (AvgIpc) is 2.98. The second kappa shape index (κ2) is 4.00. The maximum absolute atomic E-state index is 2.29. The molecule has 1 aromatic rings. The molecule has 2 atom stereocenters. The van der Waals surface area contributed by atoms with Crippen LogP contribution in [0.15, 0.2) is 30.3 Å². The Bertz CT molecular complexity index is 336. The van der Waals surface area contributed by atoms with Gasteiger partial charge in [0.2, 0.25) is 0 Å². The molecule has 0 aromatic heterocycles. The monoisotopic (exact) mass is 186 g/mol. The van der Waals surface area contributed by atoms with Crippen LogP contribution in [0.5, 0.6) is 0 Å². The Morgan fingerprint density at radius 1 is 1.36 bits per heavy atom. The number of allylic oxidation sites excluding steroid dienone is 1. The first-order valence-corrected chi connectivity index (χ1v) is 5.58. The Hall–Kier alpha value is -1.04. The smallest absolute Gasteiger partial charge is 0.0125 e. The minimum atomic E-state index is 0.840. The predicted molar refractivity (Wildman–Crippen MR) is 62.3 cm³/mol. The van der Waals surface area contributed by atoms with Crippen LogP contribution in [0.2, 0.25) is 0 Å². The molecule has 0 heteroatoms. The quantitative estimate of drug-likeness (QED) is 0.662. The summed E-state index contributed by atoms with van der Waals surface area (Å²) < 4.78 is 0. The fraction of sp³-hybridized carbons (Fsp3) is 0.429. The minimum absolute atomic E-state index is 0.840. The summed E-state index contributed by atoms with van der Waals surface area (Å²) >= 11 is 0. The third kappa shape index (κ3) is 1.75. The molecule has 1 aliphatic carbocycles. The Labute approximate surface area is 86.7 Å². The van der Waals surface area contributed by atoms with Crippen molar-refractivity contribution in [3.05, 3.63) is 41.5 Å². The lowest BCUT2D eigenvalue weighted by Gasteiger charge is -2.04. The summed E-state index contributed by atoms with van der Waals surface area (Å²) in [7, 11) is 0. The Balaban J connectivity index is 2.24. The van der Waals surface area contributed by atoms with Gasteiger partial charge in [-0.15, -0.1) is 0 Å². The molecule has 14 heavy (non-hydrogen) atoms. The third-order valence-electron chi connectivity index (χ3n) is 3.19. The molecule has 74 valence electrons. The second-order valence-electron chi connectivity index (χ2n) is 4.14. The molecule has 0 amide bonds. The van der Waals surface area contributed by atoms with Crippen molar-refractivity contribution in [2.75, 3.05) is 0 Å². The topological polar surface area (TPSA) is 0 Å². The van der Waals surface area contributed by atoms with E-state index in [4.69, 9.17) is 0 Å². The van der Waals surface area contributed by atoms with E-state index in [1.165, 1.54) is 18.4 Å². The third-order valence-corrected chi connectivity index (χ3v) is 3.19. The van der Waals surface area contributed by atoms with Crippen molar-refractivity contribution < 1.29 is 0 Å². The lowest BCUT2D eigenvalue weighted by Crippen LogP contribution is -1.87. The van der Waals surface area contributed by atoms with Crippen molar-refractivity contribution in [3.8, 4) is 0 Å². The molecule has 0 spiro atoms. The van der Waals surface area contributed by atoms with Gasteiger partial charge in [0.15, 0.2) is 0 Å². The maximum Gasteiger partial charge on any atom is -0.0125 e. The summed E-state index contributed by atoms with van der Waals surface area (Å²) in [5, 5.41) is 0.